The average Bonchev–Trinajstić information content (AvgIpc) is 2.94. The molecule has 3 rings (SSSR count). The number of hydrogen-bond donors (Lipinski definition) is 1. The van der Waals surface area contributed by atoms with Crippen LogP contribution in [0.1, 0.15) is 62.2 Å². The highest BCUT2D eigenvalue weighted by Gasteiger charge is 2.42. The lowest BCUT2D eigenvalue weighted by molar-refractivity contribution is -0.113. The molecule has 2 atom stereocenters. The van der Waals surface area contributed by atoms with Gasteiger partial charge in [-0.2, -0.15) is 0 Å². The van der Waals surface area contributed by atoms with Gasteiger partial charge in [0, 0.05) is 12.2 Å². The Kier molecular flexibility index (Phi) is 4.27. The Morgan fingerprint density at radius 3 is 2.62 bits per heavy atom. The highest BCUT2D eigenvalue weighted by atomic mass is 19.3. The monoisotopic (exact) mass is 296 g/mol. The molecule has 2 nitrogen and oxygen atoms in total. The van der Waals surface area contributed by atoms with Crippen molar-refractivity contribution in [2.24, 2.45) is 5.92 Å². The number of rotatable bonds is 3. The molecule has 1 aromatic rings. The number of benzene rings is 1. The summed E-state index contributed by atoms with van der Waals surface area (Å²) in [6, 6.07) is 6.19. The van der Waals surface area contributed by atoms with E-state index < -0.39 is 12.5 Å². The molecule has 116 valence electrons. The molecule has 1 saturated carbocycles. The van der Waals surface area contributed by atoms with Gasteiger partial charge in [0.15, 0.2) is 0 Å². The van der Waals surface area contributed by atoms with E-state index >= 15 is 0 Å². The molecule has 4 heteroatoms. The maximum atomic E-state index is 12.8. The van der Waals surface area contributed by atoms with Crippen molar-refractivity contribution in [3.8, 4) is 0 Å². The van der Waals surface area contributed by atoms with Crippen LogP contribution in [-0.2, 0) is 4.74 Å². The molecule has 1 spiro atoms. The number of alkyl halides is 2. The summed E-state index contributed by atoms with van der Waals surface area (Å²) in [6.07, 6.45) is 2.96. The molecule has 1 aliphatic carbocycles. The second-order valence-electron chi connectivity index (χ2n) is 6.41. The van der Waals surface area contributed by atoms with Gasteiger partial charge in [-0.3, -0.25) is 0 Å². The van der Waals surface area contributed by atoms with E-state index in [0.717, 1.165) is 25.7 Å². The van der Waals surface area contributed by atoms with Gasteiger partial charge in [-0.05, 0) is 43.2 Å². The van der Waals surface area contributed by atoms with Gasteiger partial charge in [-0.1, -0.05) is 31.0 Å². The van der Waals surface area contributed by atoms with Gasteiger partial charge in [-0.15, -0.1) is 0 Å². The van der Waals surface area contributed by atoms with Crippen molar-refractivity contribution >= 4 is 0 Å². The third-order valence-corrected chi connectivity index (χ3v) is 5.00. The van der Waals surface area contributed by atoms with Gasteiger partial charge in [-0.25, -0.2) is 8.78 Å². The van der Waals surface area contributed by atoms with E-state index in [1.807, 2.05) is 0 Å². The van der Waals surface area contributed by atoms with Gasteiger partial charge in [0.2, 0.25) is 0 Å². The standard InChI is InChI=1S/C17H22F2O2/c18-16(19)13-5-3-4-12(10-13)15(20)14-6-9-21-17(11-14)7-1-2-8-17/h3-5,10,14-16,20H,1-2,6-9,11H2. The first-order valence-corrected chi connectivity index (χ1v) is 7.80. The summed E-state index contributed by atoms with van der Waals surface area (Å²) in [5.41, 5.74) is 0.520. The Hall–Kier alpha value is -1.00. The van der Waals surface area contributed by atoms with Crippen LogP contribution < -0.4 is 0 Å². The molecule has 1 aromatic carbocycles. The number of aliphatic hydroxyl groups is 1. The Labute approximate surface area is 124 Å². The number of aliphatic hydroxyl groups excluding tert-OH is 1. The fourth-order valence-electron chi connectivity index (χ4n) is 3.85. The summed E-state index contributed by atoms with van der Waals surface area (Å²) in [5.74, 6) is 0.102. The van der Waals surface area contributed by atoms with E-state index in [9.17, 15) is 13.9 Å². The topological polar surface area (TPSA) is 29.5 Å². The summed E-state index contributed by atoms with van der Waals surface area (Å²) in [4.78, 5) is 0. The zero-order valence-corrected chi connectivity index (χ0v) is 12.1. The van der Waals surface area contributed by atoms with Crippen LogP contribution in [-0.4, -0.2) is 17.3 Å². The van der Waals surface area contributed by atoms with Crippen LogP contribution >= 0.6 is 0 Å². The Morgan fingerprint density at radius 1 is 1.19 bits per heavy atom. The molecule has 1 saturated heterocycles. The third-order valence-electron chi connectivity index (χ3n) is 5.00. The molecule has 0 aromatic heterocycles. The van der Waals surface area contributed by atoms with Gasteiger partial charge >= 0.3 is 0 Å². The van der Waals surface area contributed by atoms with Gasteiger partial charge in [0.1, 0.15) is 0 Å². The fraction of sp³-hybridized carbons (Fsp3) is 0.647. The van der Waals surface area contributed by atoms with E-state index in [-0.39, 0.29) is 17.1 Å². The van der Waals surface area contributed by atoms with Crippen LogP contribution in [0.5, 0.6) is 0 Å². The summed E-state index contributed by atoms with van der Waals surface area (Å²) in [6.45, 7) is 0.663. The molecule has 2 unspecified atom stereocenters. The fourth-order valence-corrected chi connectivity index (χ4v) is 3.85. The molecule has 2 fully saturated rings. The zero-order chi connectivity index (χ0) is 14.9. The molecule has 0 amide bonds. The lowest BCUT2D eigenvalue weighted by Gasteiger charge is -2.40. The lowest BCUT2D eigenvalue weighted by atomic mass is 9.79. The van der Waals surface area contributed by atoms with Crippen molar-refractivity contribution < 1.29 is 18.6 Å². The minimum atomic E-state index is -2.49. The van der Waals surface area contributed by atoms with Crippen molar-refractivity contribution in [3.05, 3.63) is 35.4 Å². The molecule has 1 N–H and O–H groups in total. The third kappa shape index (κ3) is 3.11. The quantitative estimate of drug-likeness (QED) is 0.896. The van der Waals surface area contributed by atoms with Crippen LogP contribution in [0.15, 0.2) is 24.3 Å². The van der Waals surface area contributed by atoms with E-state index in [4.69, 9.17) is 4.74 Å². The first kappa shape index (κ1) is 14.9. The molecular formula is C17H22F2O2. The average molecular weight is 296 g/mol. The minimum Gasteiger partial charge on any atom is -0.388 e. The Bertz CT molecular complexity index is 483. The summed E-state index contributed by atoms with van der Waals surface area (Å²) in [7, 11) is 0. The molecule has 0 radical (unpaired) electrons. The summed E-state index contributed by atoms with van der Waals surface area (Å²) in [5, 5.41) is 10.6. The van der Waals surface area contributed by atoms with Crippen LogP contribution in [0.25, 0.3) is 0 Å². The van der Waals surface area contributed by atoms with E-state index in [1.165, 1.54) is 25.0 Å². The molecular weight excluding hydrogens is 274 g/mol. The van der Waals surface area contributed by atoms with Crippen molar-refractivity contribution in [1.82, 2.24) is 0 Å². The molecule has 2 aliphatic rings. The maximum absolute atomic E-state index is 12.8. The van der Waals surface area contributed by atoms with Crippen LogP contribution in [0, 0.1) is 5.92 Å². The first-order valence-electron chi connectivity index (χ1n) is 7.80. The van der Waals surface area contributed by atoms with Crippen molar-refractivity contribution in [1.29, 1.82) is 0 Å². The molecule has 1 aliphatic heterocycles. The highest BCUT2D eigenvalue weighted by Crippen LogP contribution is 2.45. The predicted octanol–water partition coefficient (Wildman–Crippen LogP) is 4.40. The van der Waals surface area contributed by atoms with Crippen LogP contribution in [0.2, 0.25) is 0 Å². The summed E-state index contributed by atoms with van der Waals surface area (Å²) < 4.78 is 31.6. The SMILES string of the molecule is OC(c1cccc(C(F)F)c1)C1CCOC2(CCCC2)C1. The largest absolute Gasteiger partial charge is 0.388 e. The first-order chi connectivity index (χ1) is 10.1. The smallest absolute Gasteiger partial charge is 0.263 e. The second-order valence-corrected chi connectivity index (χ2v) is 6.41. The maximum Gasteiger partial charge on any atom is 0.263 e. The number of hydrogen-bond acceptors (Lipinski definition) is 2. The van der Waals surface area contributed by atoms with E-state index in [1.54, 1.807) is 12.1 Å². The van der Waals surface area contributed by atoms with E-state index in [0.29, 0.717) is 12.2 Å². The molecule has 21 heavy (non-hydrogen) atoms. The highest BCUT2D eigenvalue weighted by molar-refractivity contribution is 5.26. The predicted molar refractivity (Wildman–Crippen MR) is 76.2 cm³/mol. The minimum absolute atomic E-state index is 0.0193. The van der Waals surface area contributed by atoms with Gasteiger partial charge in [0.05, 0.1) is 11.7 Å². The van der Waals surface area contributed by atoms with E-state index in [2.05, 4.69) is 0 Å². The zero-order valence-electron chi connectivity index (χ0n) is 12.1. The number of ether oxygens (including phenoxy) is 1. The number of halogens is 2. The van der Waals surface area contributed by atoms with Crippen LogP contribution in [0.3, 0.4) is 0 Å². The van der Waals surface area contributed by atoms with Crippen molar-refractivity contribution in [2.75, 3.05) is 6.61 Å². The molecule has 0 bridgehead atoms. The van der Waals surface area contributed by atoms with Crippen LogP contribution in [0.4, 0.5) is 8.78 Å². The van der Waals surface area contributed by atoms with Gasteiger partial charge in [0.25, 0.3) is 6.43 Å². The van der Waals surface area contributed by atoms with Crippen molar-refractivity contribution in [3.63, 3.8) is 0 Å². The lowest BCUT2D eigenvalue weighted by Crippen LogP contribution is -2.39. The Morgan fingerprint density at radius 2 is 1.90 bits per heavy atom. The second kappa shape index (κ2) is 6.01. The summed E-state index contributed by atoms with van der Waals surface area (Å²) >= 11 is 0. The normalized spacial score (nSPS) is 26.4. The van der Waals surface area contributed by atoms with Gasteiger partial charge < -0.3 is 9.84 Å². The Balaban J connectivity index is 1.75. The van der Waals surface area contributed by atoms with Crippen molar-refractivity contribution in [2.45, 2.75) is 56.7 Å². The molecule has 1 heterocycles.